The maximum atomic E-state index is 13.5. The highest BCUT2D eigenvalue weighted by Gasteiger charge is 2.51. The van der Waals surface area contributed by atoms with Crippen LogP contribution in [0.1, 0.15) is 45.5 Å². The van der Waals surface area contributed by atoms with Crippen LogP contribution >= 0.6 is 0 Å². The van der Waals surface area contributed by atoms with Gasteiger partial charge in [0.15, 0.2) is 0 Å². The molecule has 0 bridgehead atoms. The lowest BCUT2D eigenvalue weighted by atomic mass is 9.70. The van der Waals surface area contributed by atoms with Gasteiger partial charge in [0.2, 0.25) is 5.91 Å². The number of carbonyl (C=O) groups excluding carboxylic acids is 2. The molecule has 1 unspecified atom stereocenters. The second-order valence-corrected chi connectivity index (χ2v) is 9.65. The van der Waals surface area contributed by atoms with Gasteiger partial charge in [-0.25, -0.2) is 0 Å². The molecule has 1 spiro atoms. The fraction of sp³-hybridized carbons (Fsp3) is 0.423. The Morgan fingerprint density at radius 1 is 1.11 bits per heavy atom. The van der Waals surface area contributed by atoms with Crippen LogP contribution in [-0.2, 0) is 11.0 Å². The van der Waals surface area contributed by atoms with Crippen LogP contribution in [-0.4, -0.2) is 42.9 Å². The van der Waals surface area contributed by atoms with Crippen LogP contribution in [0.5, 0.6) is 0 Å². The summed E-state index contributed by atoms with van der Waals surface area (Å²) in [6.07, 6.45) is -3.62. The summed E-state index contributed by atoms with van der Waals surface area (Å²) in [5.41, 5.74) is 6.68. The third-order valence-corrected chi connectivity index (χ3v) is 7.44. The molecule has 2 amide bonds. The minimum atomic E-state index is -4.67. The smallest absolute Gasteiger partial charge is 0.370 e. The van der Waals surface area contributed by atoms with Crippen molar-refractivity contribution in [1.29, 1.82) is 5.26 Å². The van der Waals surface area contributed by atoms with Crippen molar-refractivity contribution in [3.05, 3.63) is 64.2 Å². The van der Waals surface area contributed by atoms with Gasteiger partial charge in [0, 0.05) is 42.8 Å². The number of rotatable bonds is 3. The normalized spacial score (nSPS) is 19.6. The number of halogens is 3. The van der Waals surface area contributed by atoms with Gasteiger partial charge in [-0.3, -0.25) is 9.59 Å². The van der Waals surface area contributed by atoms with Gasteiger partial charge in [-0.2, -0.15) is 18.4 Å². The Morgan fingerprint density at radius 3 is 2.37 bits per heavy atom. The largest absolute Gasteiger partial charge is 0.417 e. The molecule has 2 heterocycles. The Kier molecular flexibility index (Phi) is 6.26. The SMILES string of the molecule is Cc1ccc(C(=O)N2CCC3(CC2)CN(c2ccc(C#N)c(C(F)(F)F)c2)CC3C(N)=O)c(C)c1. The molecule has 2 N–H and O–H groups in total. The molecule has 0 aromatic heterocycles. The number of anilines is 1. The third-order valence-electron chi connectivity index (χ3n) is 7.44. The monoisotopic (exact) mass is 484 g/mol. The fourth-order valence-electron chi connectivity index (χ4n) is 5.50. The predicted molar refractivity (Wildman–Crippen MR) is 125 cm³/mol. The lowest BCUT2D eigenvalue weighted by Crippen LogP contribution is -2.49. The Bertz CT molecular complexity index is 1210. The number of amides is 2. The fourth-order valence-corrected chi connectivity index (χ4v) is 5.50. The molecule has 0 aliphatic carbocycles. The minimum absolute atomic E-state index is 0.0651. The highest BCUT2D eigenvalue weighted by molar-refractivity contribution is 5.95. The van der Waals surface area contributed by atoms with Gasteiger partial charge in [0.05, 0.1) is 23.1 Å². The summed E-state index contributed by atoms with van der Waals surface area (Å²) in [7, 11) is 0. The summed E-state index contributed by atoms with van der Waals surface area (Å²) in [5.74, 6) is -1.11. The van der Waals surface area contributed by atoms with Crippen molar-refractivity contribution in [3.63, 3.8) is 0 Å². The number of aryl methyl sites for hydroxylation is 2. The van der Waals surface area contributed by atoms with Crippen LogP contribution in [0.2, 0.25) is 0 Å². The molecule has 9 heteroatoms. The predicted octanol–water partition coefficient (Wildman–Crippen LogP) is 4.04. The molecular weight excluding hydrogens is 457 g/mol. The van der Waals surface area contributed by atoms with E-state index in [2.05, 4.69) is 0 Å². The first-order valence-electron chi connectivity index (χ1n) is 11.5. The Labute approximate surface area is 202 Å². The number of benzene rings is 2. The second kappa shape index (κ2) is 8.91. The van der Waals surface area contributed by atoms with E-state index < -0.39 is 34.5 Å². The number of nitriles is 1. The van der Waals surface area contributed by atoms with Gasteiger partial charge in [0.25, 0.3) is 5.91 Å². The highest BCUT2D eigenvalue weighted by Crippen LogP contribution is 2.47. The molecule has 0 radical (unpaired) electrons. The van der Waals surface area contributed by atoms with Crippen molar-refractivity contribution in [1.82, 2.24) is 4.90 Å². The van der Waals surface area contributed by atoms with Crippen LogP contribution in [0, 0.1) is 36.5 Å². The second-order valence-electron chi connectivity index (χ2n) is 9.65. The van der Waals surface area contributed by atoms with Crippen molar-refractivity contribution in [2.45, 2.75) is 32.9 Å². The number of alkyl halides is 3. The molecule has 2 aromatic rings. The molecule has 2 aliphatic heterocycles. The number of nitrogens with zero attached hydrogens (tertiary/aromatic N) is 3. The van der Waals surface area contributed by atoms with Crippen LogP contribution in [0.3, 0.4) is 0 Å². The van der Waals surface area contributed by atoms with E-state index in [1.165, 1.54) is 6.07 Å². The minimum Gasteiger partial charge on any atom is -0.370 e. The maximum Gasteiger partial charge on any atom is 0.417 e. The average Bonchev–Trinajstić information content (AvgIpc) is 3.17. The van der Waals surface area contributed by atoms with Gasteiger partial charge in [0.1, 0.15) is 0 Å². The maximum absolute atomic E-state index is 13.5. The van der Waals surface area contributed by atoms with E-state index in [-0.39, 0.29) is 12.5 Å². The van der Waals surface area contributed by atoms with Crippen LogP contribution < -0.4 is 10.6 Å². The van der Waals surface area contributed by atoms with Crippen molar-refractivity contribution in [3.8, 4) is 6.07 Å². The summed E-state index contributed by atoms with van der Waals surface area (Å²) >= 11 is 0. The van der Waals surface area contributed by atoms with E-state index in [9.17, 15) is 22.8 Å². The van der Waals surface area contributed by atoms with Crippen molar-refractivity contribution < 1.29 is 22.8 Å². The van der Waals surface area contributed by atoms with Crippen LogP contribution in [0.4, 0.5) is 18.9 Å². The molecule has 0 saturated carbocycles. The Hall–Kier alpha value is -3.54. The summed E-state index contributed by atoms with van der Waals surface area (Å²) in [5, 5.41) is 9.08. The standard InChI is InChI=1S/C26H27F3N4O2/c1-16-3-6-20(17(2)11-16)24(35)32-9-7-25(8-10-32)15-33(14-22(25)23(31)34)19-5-4-18(13-30)21(12-19)26(27,28)29/h3-6,11-12,22H,7-10,14-15H2,1-2H3,(H2,31,34). The van der Waals surface area contributed by atoms with Crippen LogP contribution in [0.15, 0.2) is 36.4 Å². The number of likely N-dealkylation sites (tertiary alicyclic amines) is 1. The average molecular weight is 485 g/mol. The van der Waals surface area contributed by atoms with Gasteiger partial charge in [-0.1, -0.05) is 17.7 Å². The van der Waals surface area contributed by atoms with Gasteiger partial charge in [-0.05, 0) is 56.5 Å². The van der Waals surface area contributed by atoms with E-state index in [1.54, 1.807) is 15.9 Å². The molecule has 4 rings (SSSR count). The first kappa shape index (κ1) is 24.6. The topological polar surface area (TPSA) is 90.4 Å². The lowest BCUT2D eigenvalue weighted by molar-refractivity contribution is -0.137. The van der Waals surface area contributed by atoms with Crippen molar-refractivity contribution >= 4 is 17.5 Å². The van der Waals surface area contributed by atoms with E-state index in [4.69, 9.17) is 11.0 Å². The summed E-state index contributed by atoms with van der Waals surface area (Å²) < 4.78 is 40.4. The van der Waals surface area contributed by atoms with E-state index >= 15 is 0 Å². The van der Waals surface area contributed by atoms with E-state index in [0.717, 1.165) is 23.3 Å². The molecule has 6 nitrogen and oxygen atoms in total. The van der Waals surface area contributed by atoms with Crippen LogP contribution in [0.25, 0.3) is 0 Å². The molecular formula is C26H27F3N4O2. The Balaban J connectivity index is 1.55. The zero-order valence-corrected chi connectivity index (χ0v) is 19.7. The molecule has 35 heavy (non-hydrogen) atoms. The molecule has 1 atom stereocenters. The number of hydrogen-bond donors (Lipinski definition) is 1. The van der Waals surface area contributed by atoms with E-state index in [1.807, 2.05) is 32.0 Å². The van der Waals surface area contributed by atoms with E-state index in [0.29, 0.717) is 43.7 Å². The Morgan fingerprint density at radius 2 is 1.80 bits per heavy atom. The number of primary amides is 1. The summed E-state index contributed by atoms with van der Waals surface area (Å²) in [6.45, 7) is 5.29. The number of nitrogens with two attached hydrogens (primary N) is 1. The molecule has 184 valence electrons. The molecule has 2 aromatic carbocycles. The zero-order chi connectivity index (χ0) is 25.5. The quantitative estimate of drug-likeness (QED) is 0.712. The number of piperidine rings is 1. The van der Waals surface area contributed by atoms with Crippen molar-refractivity contribution in [2.75, 3.05) is 31.1 Å². The summed E-state index contributed by atoms with van der Waals surface area (Å²) in [4.78, 5) is 29.0. The van der Waals surface area contributed by atoms with Crippen molar-refractivity contribution in [2.24, 2.45) is 17.1 Å². The van der Waals surface area contributed by atoms with Gasteiger partial charge in [-0.15, -0.1) is 0 Å². The number of carbonyl (C=O) groups is 2. The molecule has 2 fully saturated rings. The third kappa shape index (κ3) is 4.57. The first-order valence-corrected chi connectivity index (χ1v) is 11.5. The zero-order valence-electron chi connectivity index (χ0n) is 19.7. The van der Waals surface area contributed by atoms with Gasteiger partial charge >= 0.3 is 6.18 Å². The lowest BCUT2D eigenvalue weighted by Gasteiger charge is -2.41. The molecule has 2 saturated heterocycles. The molecule has 2 aliphatic rings. The highest BCUT2D eigenvalue weighted by atomic mass is 19.4. The number of hydrogen-bond acceptors (Lipinski definition) is 4. The first-order chi connectivity index (χ1) is 16.4. The van der Waals surface area contributed by atoms with Gasteiger partial charge < -0.3 is 15.5 Å². The summed E-state index contributed by atoms with van der Waals surface area (Å²) in [6, 6.07) is 10.9.